The number of benzene rings is 3. The minimum atomic E-state index is -1.38. The number of aliphatic hydroxyl groups is 2. The molecule has 52 heavy (non-hydrogen) atoms. The highest BCUT2D eigenvalue weighted by molar-refractivity contribution is 5.95. The molecule has 1 saturated carbocycles. The molecule has 3 aromatic carbocycles. The van der Waals surface area contributed by atoms with E-state index in [1.165, 1.54) is 6.26 Å². The highest BCUT2D eigenvalue weighted by atomic mass is 16.8. The zero-order valence-corrected chi connectivity index (χ0v) is 28.4. The van der Waals surface area contributed by atoms with E-state index in [-0.39, 0.29) is 57.7 Å². The Kier molecular flexibility index (Phi) is 9.32. The van der Waals surface area contributed by atoms with Crippen molar-refractivity contribution >= 4 is 23.9 Å². The summed E-state index contributed by atoms with van der Waals surface area (Å²) in [6.45, 7) is 0.222. The Morgan fingerprint density at radius 1 is 0.942 bits per heavy atom. The first-order valence-corrected chi connectivity index (χ1v) is 17.6. The lowest BCUT2D eigenvalue weighted by Gasteiger charge is -2.48. The van der Waals surface area contributed by atoms with Gasteiger partial charge in [0.1, 0.15) is 36.4 Å². The standard InChI is InChI=1S/C39H41N3O10/c43-14-13-40-35(45)26-11-5-6-24(18-26)22-41-37(47)39-21-30-31-32(51-38(50-31)19-27-8-2-3-9-28(27)20-38)34(39)52-42(33(39)36(46)49-30)23-29-10-4-1-7-25(29)12-16-48-17-15-44/h1-12,16,18,30-34,43-44H,13-15,17,19-23H2,(H,40,45)(H,41,47). The number of nitrogens with zero attached hydrogens (tertiary/aromatic N) is 1. The van der Waals surface area contributed by atoms with E-state index >= 15 is 0 Å². The van der Waals surface area contributed by atoms with Crippen LogP contribution in [-0.2, 0) is 59.3 Å². The summed E-state index contributed by atoms with van der Waals surface area (Å²) >= 11 is 0. The number of hydrogen-bond donors (Lipinski definition) is 4. The van der Waals surface area contributed by atoms with E-state index < -0.39 is 47.6 Å². The van der Waals surface area contributed by atoms with Gasteiger partial charge in [0.25, 0.3) is 5.91 Å². The molecule has 272 valence electrons. The molecule has 3 heterocycles. The van der Waals surface area contributed by atoms with Gasteiger partial charge >= 0.3 is 5.97 Å². The number of carbonyl (C=O) groups excluding carboxylic acids is 3. The van der Waals surface area contributed by atoms with Crippen LogP contribution in [0.1, 0.15) is 44.6 Å². The van der Waals surface area contributed by atoms with Gasteiger partial charge in [0.05, 0.1) is 26.0 Å². The van der Waals surface area contributed by atoms with Crippen molar-refractivity contribution in [1.29, 1.82) is 0 Å². The Labute approximate surface area is 300 Å². The number of esters is 1. The van der Waals surface area contributed by atoms with E-state index in [4.69, 9.17) is 34.0 Å². The van der Waals surface area contributed by atoms with Gasteiger partial charge in [-0.2, -0.15) is 5.06 Å². The summed E-state index contributed by atoms with van der Waals surface area (Å²) in [6, 6.07) is 21.4. The average Bonchev–Trinajstić information content (AvgIpc) is 3.83. The SMILES string of the molecule is O=C(NCCO)c1cccc(CNC(=O)C23CC4OC(=O)C2N(Cc2ccccc2C=COCCO)OC3C2OC3(Cc5ccccc5C3)OC42)c1. The zero-order valence-electron chi connectivity index (χ0n) is 28.4. The second-order valence-corrected chi connectivity index (χ2v) is 13.9. The van der Waals surface area contributed by atoms with Gasteiger partial charge in [0.2, 0.25) is 5.91 Å². The van der Waals surface area contributed by atoms with Crippen LogP contribution in [0.4, 0.5) is 0 Å². The van der Waals surface area contributed by atoms with Gasteiger partial charge in [-0.1, -0.05) is 60.7 Å². The van der Waals surface area contributed by atoms with Crippen LogP contribution in [0.5, 0.6) is 0 Å². The fraction of sp³-hybridized carbons (Fsp3) is 0.410. The fourth-order valence-corrected chi connectivity index (χ4v) is 8.45. The molecule has 6 atom stereocenters. The zero-order chi connectivity index (χ0) is 35.9. The molecule has 13 heteroatoms. The predicted octanol–water partition coefficient (Wildman–Crippen LogP) is 1.78. The Morgan fingerprint density at radius 3 is 2.50 bits per heavy atom. The van der Waals surface area contributed by atoms with E-state index in [9.17, 15) is 14.4 Å². The van der Waals surface area contributed by atoms with Gasteiger partial charge < -0.3 is 39.8 Å². The normalized spacial score (nSPS) is 28.0. The molecule has 6 unspecified atom stereocenters. The number of rotatable bonds is 12. The van der Waals surface area contributed by atoms with Crippen molar-refractivity contribution in [3.63, 3.8) is 0 Å². The minimum absolute atomic E-state index is 0.0903. The molecule has 4 fully saturated rings. The summed E-state index contributed by atoms with van der Waals surface area (Å²) in [6.07, 6.45) is 1.54. The van der Waals surface area contributed by atoms with Gasteiger partial charge in [-0.3, -0.25) is 19.2 Å². The number of fused-ring (bicyclic) bond motifs is 5. The van der Waals surface area contributed by atoms with E-state index in [1.54, 1.807) is 35.4 Å². The van der Waals surface area contributed by atoms with Gasteiger partial charge in [-0.25, -0.2) is 0 Å². The molecule has 3 aromatic rings. The summed E-state index contributed by atoms with van der Waals surface area (Å²) in [5.41, 5.74) is 3.57. The maximum absolute atomic E-state index is 14.7. The number of ether oxygens (including phenoxy) is 4. The lowest BCUT2D eigenvalue weighted by Crippen LogP contribution is -2.69. The second-order valence-electron chi connectivity index (χ2n) is 13.9. The highest BCUT2D eigenvalue weighted by Crippen LogP contribution is 2.58. The number of hydroxylamine groups is 2. The van der Waals surface area contributed by atoms with Crippen molar-refractivity contribution in [2.24, 2.45) is 5.41 Å². The number of nitrogens with one attached hydrogen (secondary N) is 2. The minimum Gasteiger partial charge on any atom is -0.499 e. The average molecular weight is 712 g/mol. The summed E-state index contributed by atoms with van der Waals surface area (Å²) < 4.78 is 25.0. The quantitative estimate of drug-likeness (QED) is 0.123. The molecule has 3 saturated heterocycles. The van der Waals surface area contributed by atoms with Gasteiger partial charge in [-0.15, -0.1) is 0 Å². The predicted molar refractivity (Wildman–Crippen MR) is 184 cm³/mol. The molecule has 2 aliphatic carbocycles. The third-order valence-electron chi connectivity index (χ3n) is 10.7. The first kappa shape index (κ1) is 34.5. The monoisotopic (exact) mass is 711 g/mol. The Bertz CT molecular complexity index is 1860. The molecule has 2 amide bonds. The highest BCUT2D eigenvalue weighted by Gasteiger charge is 2.76. The Hall–Kier alpha value is -4.63. The van der Waals surface area contributed by atoms with Crippen LogP contribution in [0.25, 0.3) is 6.08 Å². The van der Waals surface area contributed by atoms with Crippen molar-refractivity contribution in [2.75, 3.05) is 26.4 Å². The maximum atomic E-state index is 14.7. The van der Waals surface area contributed by atoms with Gasteiger partial charge in [0.15, 0.2) is 11.8 Å². The van der Waals surface area contributed by atoms with Crippen molar-refractivity contribution in [2.45, 2.75) is 68.6 Å². The first-order valence-electron chi connectivity index (χ1n) is 17.6. The molecule has 8 rings (SSSR count). The Morgan fingerprint density at radius 2 is 1.71 bits per heavy atom. The second kappa shape index (κ2) is 14.1. The van der Waals surface area contributed by atoms with Crippen LogP contribution in [-0.4, -0.2) is 95.7 Å². The van der Waals surface area contributed by atoms with Gasteiger partial charge in [0, 0.05) is 37.9 Å². The molecule has 5 aliphatic rings. The summed E-state index contributed by atoms with van der Waals surface area (Å²) in [4.78, 5) is 48.2. The van der Waals surface area contributed by atoms with E-state index in [0.717, 1.165) is 22.3 Å². The first-order chi connectivity index (χ1) is 25.3. The van der Waals surface area contributed by atoms with E-state index in [0.29, 0.717) is 24.0 Å². The van der Waals surface area contributed by atoms with Crippen molar-refractivity contribution in [1.82, 2.24) is 15.7 Å². The van der Waals surface area contributed by atoms with Crippen molar-refractivity contribution in [3.8, 4) is 0 Å². The van der Waals surface area contributed by atoms with Crippen LogP contribution in [0.15, 0.2) is 79.1 Å². The number of aliphatic hydroxyl groups excluding tert-OH is 2. The molecule has 0 radical (unpaired) electrons. The lowest BCUT2D eigenvalue weighted by atomic mass is 9.62. The van der Waals surface area contributed by atoms with Crippen LogP contribution >= 0.6 is 0 Å². The fourth-order valence-electron chi connectivity index (χ4n) is 8.45. The lowest BCUT2D eigenvalue weighted by molar-refractivity contribution is -0.217. The van der Waals surface area contributed by atoms with Crippen LogP contribution in [0.3, 0.4) is 0 Å². The molecular formula is C39H41N3O10. The number of hydrogen-bond acceptors (Lipinski definition) is 11. The topological polar surface area (TPSA) is 165 Å². The molecule has 1 spiro atoms. The molecule has 2 bridgehead atoms. The third kappa shape index (κ3) is 6.06. The van der Waals surface area contributed by atoms with Crippen LogP contribution in [0, 0.1) is 5.41 Å². The summed E-state index contributed by atoms with van der Waals surface area (Å²) in [5.74, 6) is -2.27. The summed E-state index contributed by atoms with van der Waals surface area (Å²) in [5, 5.41) is 25.5. The molecule has 0 aromatic heterocycles. The van der Waals surface area contributed by atoms with Crippen molar-refractivity contribution < 1.29 is 48.4 Å². The number of carbonyl (C=O) groups is 3. The van der Waals surface area contributed by atoms with Crippen LogP contribution < -0.4 is 10.6 Å². The maximum Gasteiger partial charge on any atom is 0.327 e. The Balaban J connectivity index is 1.11. The van der Waals surface area contributed by atoms with E-state index in [2.05, 4.69) is 22.8 Å². The smallest absolute Gasteiger partial charge is 0.327 e. The molecule has 4 N–H and O–H groups in total. The number of amides is 2. The van der Waals surface area contributed by atoms with Gasteiger partial charge in [-0.05, 0) is 46.0 Å². The molecule has 13 nitrogen and oxygen atoms in total. The largest absolute Gasteiger partial charge is 0.499 e. The summed E-state index contributed by atoms with van der Waals surface area (Å²) in [7, 11) is 0. The third-order valence-corrected chi connectivity index (χ3v) is 10.7. The molecule has 3 aliphatic heterocycles. The van der Waals surface area contributed by atoms with E-state index in [1.807, 2.05) is 36.4 Å². The van der Waals surface area contributed by atoms with Crippen LogP contribution in [0.2, 0.25) is 0 Å². The molecular weight excluding hydrogens is 670 g/mol. The van der Waals surface area contributed by atoms with Crippen molar-refractivity contribution in [3.05, 3.63) is 112 Å².